The number of halogens is 1. The molecule has 4 heteroatoms. The van der Waals surface area contributed by atoms with Crippen LogP contribution in [0, 0.1) is 5.82 Å². The van der Waals surface area contributed by atoms with Crippen LogP contribution in [-0.2, 0) is 11.2 Å². The number of nitrogens with zero attached hydrogens (tertiary/aromatic N) is 1. The molecule has 1 aliphatic rings. The molecule has 0 N–H and O–H groups in total. The first-order valence-electron chi connectivity index (χ1n) is 7.39. The van der Waals surface area contributed by atoms with Crippen molar-refractivity contribution in [1.29, 1.82) is 0 Å². The largest absolute Gasteiger partial charge is 0.308 e. The van der Waals surface area contributed by atoms with Crippen LogP contribution in [0.15, 0.2) is 53.4 Å². The summed E-state index contributed by atoms with van der Waals surface area (Å²) in [5, 5.41) is -0.209. The molecule has 0 fully saturated rings. The molecule has 2 aromatic carbocycles. The van der Waals surface area contributed by atoms with E-state index in [0.717, 1.165) is 17.0 Å². The monoisotopic (exact) mass is 315 g/mol. The SMILES string of the molecule is C[C@@H](Sc1ccc(F)cc1)C(=O)N1c2ccccc2C[C@@H]1C. The third-order valence-electron chi connectivity index (χ3n) is 3.92. The van der Waals surface area contributed by atoms with E-state index in [4.69, 9.17) is 0 Å². The summed E-state index contributed by atoms with van der Waals surface area (Å²) in [6.45, 7) is 3.98. The highest BCUT2D eigenvalue weighted by molar-refractivity contribution is 8.00. The summed E-state index contributed by atoms with van der Waals surface area (Å²) < 4.78 is 13.0. The van der Waals surface area contributed by atoms with E-state index in [9.17, 15) is 9.18 Å². The minimum atomic E-state index is -0.259. The number of fused-ring (bicyclic) bond motifs is 1. The predicted octanol–water partition coefficient (Wildman–Crippen LogP) is 4.28. The van der Waals surface area contributed by atoms with Gasteiger partial charge in [-0.05, 0) is 56.2 Å². The molecule has 0 aromatic heterocycles. The number of hydrogen-bond donors (Lipinski definition) is 0. The number of amides is 1. The maximum Gasteiger partial charge on any atom is 0.240 e. The third-order valence-corrected chi connectivity index (χ3v) is 5.02. The molecule has 1 aliphatic heterocycles. The Morgan fingerprint density at radius 1 is 1.23 bits per heavy atom. The van der Waals surface area contributed by atoms with Crippen molar-refractivity contribution >= 4 is 23.4 Å². The topological polar surface area (TPSA) is 20.3 Å². The minimum Gasteiger partial charge on any atom is -0.308 e. The van der Waals surface area contributed by atoms with E-state index in [1.807, 2.05) is 30.0 Å². The number of benzene rings is 2. The molecule has 114 valence electrons. The first-order chi connectivity index (χ1) is 10.6. The molecular formula is C18H18FNOS. The fourth-order valence-electron chi connectivity index (χ4n) is 2.86. The van der Waals surface area contributed by atoms with Crippen molar-refractivity contribution in [3.05, 3.63) is 59.9 Å². The van der Waals surface area contributed by atoms with Crippen molar-refractivity contribution in [2.24, 2.45) is 0 Å². The van der Waals surface area contributed by atoms with Gasteiger partial charge in [0.2, 0.25) is 5.91 Å². The van der Waals surface area contributed by atoms with Crippen LogP contribution in [0.25, 0.3) is 0 Å². The van der Waals surface area contributed by atoms with Crippen molar-refractivity contribution in [3.63, 3.8) is 0 Å². The van der Waals surface area contributed by atoms with E-state index in [-0.39, 0.29) is 23.0 Å². The minimum absolute atomic E-state index is 0.103. The molecule has 3 rings (SSSR count). The molecular weight excluding hydrogens is 297 g/mol. The lowest BCUT2D eigenvalue weighted by Gasteiger charge is -2.25. The van der Waals surface area contributed by atoms with Crippen LogP contribution in [0.2, 0.25) is 0 Å². The Hall–Kier alpha value is -1.81. The number of rotatable bonds is 3. The summed E-state index contributed by atoms with van der Waals surface area (Å²) in [5.74, 6) is -0.155. The van der Waals surface area contributed by atoms with Crippen LogP contribution in [0.4, 0.5) is 10.1 Å². The molecule has 0 bridgehead atoms. The van der Waals surface area contributed by atoms with Crippen molar-refractivity contribution in [1.82, 2.24) is 0 Å². The third kappa shape index (κ3) is 2.88. The van der Waals surface area contributed by atoms with Gasteiger partial charge in [0.1, 0.15) is 5.82 Å². The number of anilines is 1. The summed E-state index contributed by atoms with van der Waals surface area (Å²) in [6, 6.07) is 14.5. The van der Waals surface area contributed by atoms with Crippen LogP contribution >= 0.6 is 11.8 Å². The Morgan fingerprint density at radius 3 is 2.64 bits per heavy atom. The second kappa shape index (κ2) is 6.13. The first-order valence-corrected chi connectivity index (χ1v) is 8.27. The number of hydrogen-bond acceptors (Lipinski definition) is 2. The Balaban J connectivity index is 1.77. The second-order valence-electron chi connectivity index (χ2n) is 5.60. The van der Waals surface area contributed by atoms with Gasteiger partial charge in [0.15, 0.2) is 0 Å². The lowest BCUT2D eigenvalue weighted by molar-refractivity contribution is -0.118. The summed E-state index contributed by atoms with van der Waals surface area (Å²) >= 11 is 1.47. The van der Waals surface area contributed by atoms with Crippen LogP contribution in [-0.4, -0.2) is 17.2 Å². The fraction of sp³-hybridized carbons (Fsp3) is 0.278. The summed E-state index contributed by atoms with van der Waals surface area (Å²) in [4.78, 5) is 15.6. The maximum atomic E-state index is 13.0. The van der Waals surface area contributed by atoms with Gasteiger partial charge in [-0.15, -0.1) is 11.8 Å². The quantitative estimate of drug-likeness (QED) is 0.788. The van der Waals surface area contributed by atoms with Crippen molar-refractivity contribution in [2.75, 3.05) is 4.90 Å². The van der Waals surface area contributed by atoms with Gasteiger partial charge >= 0.3 is 0 Å². The maximum absolute atomic E-state index is 13.0. The van der Waals surface area contributed by atoms with Crippen LogP contribution in [0.5, 0.6) is 0 Å². The van der Waals surface area contributed by atoms with Gasteiger partial charge < -0.3 is 4.90 Å². The lowest BCUT2D eigenvalue weighted by atomic mass is 10.1. The fourth-order valence-corrected chi connectivity index (χ4v) is 3.78. The zero-order valence-corrected chi connectivity index (χ0v) is 13.4. The zero-order chi connectivity index (χ0) is 15.7. The number of thioether (sulfide) groups is 1. The Kier molecular flexibility index (Phi) is 4.21. The molecule has 22 heavy (non-hydrogen) atoms. The van der Waals surface area contributed by atoms with Gasteiger partial charge in [0, 0.05) is 16.6 Å². The van der Waals surface area contributed by atoms with Gasteiger partial charge in [0.25, 0.3) is 0 Å². The molecule has 1 heterocycles. The molecule has 0 radical (unpaired) electrons. The zero-order valence-electron chi connectivity index (χ0n) is 12.6. The molecule has 0 saturated carbocycles. The number of carbonyl (C=O) groups is 1. The highest BCUT2D eigenvalue weighted by Crippen LogP contribution is 2.34. The van der Waals surface area contributed by atoms with E-state index in [1.165, 1.54) is 29.5 Å². The van der Waals surface area contributed by atoms with Crippen molar-refractivity contribution in [3.8, 4) is 0 Å². The summed E-state index contributed by atoms with van der Waals surface area (Å²) in [5.41, 5.74) is 2.24. The average Bonchev–Trinajstić information content (AvgIpc) is 2.84. The Morgan fingerprint density at radius 2 is 1.91 bits per heavy atom. The van der Waals surface area contributed by atoms with E-state index in [1.54, 1.807) is 12.1 Å². The highest BCUT2D eigenvalue weighted by Gasteiger charge is 2.33. The second-order valence-corrected chi connectivity index (χ2v) is 7.02. The molecule has 2 aromatic rings. The summed E-state index contributed by atoms with van der Waals surface area (Å²) in [7, 11) is 0. The number of carbonyl (C=O) groups excluding carboxylic acids is 1. The van der Waals surface area contributed by atoms with Gasteiger partial charge in [-0.2, -0.15) is 0 Å². The molecule has 0 aliphatic carbocycles. The van der Waals surface area contributed by atoms with E-state index < -0.39 is 0 Å². The molecule has 2 nitrogen and oxygen atoms in total. The molecule has 1 amide bonds. The van der Waals surface area contributed by atoms with E-state index in [2.05, 4.69) is 13.0 Å². The number of para-hydroxylation sites is 1. The van der Waals surface area contributed by atoms with Gasteiger partial charge in [-0.25, -0.2) is 4.39 Å². The molecule has 0 spiro atoms. The highest BCUT2D eigenvalue weighted by atomic mass is 32.2. The Labute approximate surface area is 134 Å². The molecule has 0 unspecified atom stereocenters. The normalized spacial score (nSPS) is 18.1. The van der Waals surface area contributed by atoms with Crippen LogP contribution < -0.4 is 4.90 Å². The van der Waals surface area contributed by atoms with Crippen molar-refractivity contribution in [2.45, 2.75) is 36.5 Å². The van der Waals surface area contributed by atoms with Crippen LogP contribution in [0.3, 0.4) is 0 Å². The Bertz CT molecular complexity index is 686. The van der Waals surface area contributed by atoms with Crippen molar-refractivity contribution < 1.29 is 9.18 Å². The van der Waals surface area contributed by atoms with E-state index >= 15 is 0 Å². The van der Waals surface area contributed by atoms with Gasteiger partial charge in [-0.1, -0.05) is 18.2 Å². The molecule has 2 atom stereocenters. The smallest absolute Gasteiger partial charge is 0.240 e. The summed E-state index contributed by atoms with van der Waals surface area (Å²) in [6.07, 6.45) is 0.899. The lowest BCUT2D eigenvalue weighted by Crippen LogP contribution is -2.40. The van der Waals surface area contributed by atoms with Gasteiger partial charge in [-0.3, -0.25) is 4.79 Å². The first kappa shape index (κ1) is 15.1. The van der Waals surface area contributed by atoms with Crippen LogP contribution in [0.1, 0.15) is 19.4 Å². The predicted molar refractivity (Wildman–Crippen MR) is 88.8 cm³/mol. The average molecular weight is 315 g/mol. The molecule has 0 saturated heterocycles. The van der Waals surface area contributed by atoms with E-state index in [0.29, 0.717) is 0 Å². The standard InChI is InChI=1S/C18H18FNOS/c1-12-11-14-5-3-4-6-17(14)20(12)18(21)13(2)22-16-9-7-15(19)8-10-16/h3-10,12-13H,11H2,1-2H3/t12-,13+/m0/s1. The van der Waals surface area contributed by atoms with Gasteiger partial charge in [0.05, 0.1) is 5.25 Å².